The fraction of sp³-hybridized carbons (Fsp3) is 0.278. The number of ether oxygens (including phenoxy) is 1. The zero-order chi connectivity index (χ0) is 35.0. The van der Waals surface area contributed by atoms with Crippen LogP contribution in [0, 0.1) is 6.92 Å². The molecule has 12 heteroatoms. The van der Waals surface area contributed by atoms with Gasteiger partial charge in [0.05, 0.1) is 17.7 Å². The number of carbonyl (C=O) groups excluding carboxylic acids is 2. The zero-order valence-electron chi connectivity index (χ0n) is 27.1. The number of anilines is 1. The van der Waals surface area contributed by atoms with E-state index >= 15 is 0 Å². The summed E-state index contributed by atoms with van der Waals surface area (Å²) in [6, 6.07) is 23.8. The second-order valence-corrected chi connectivity index (χ2v) is 14.6. The molecular formula is C36H38Cl3N3O5S. The van der Waals surface area contributed by atoms with E-state index in [9.17, 15) is 18.0 Å². The Hall–Kier alpha value is -3.76. The third kappa shape index (κ3) is 9.23. The monoisotopic (exact) mass is 729 g/mol. The lowest BCUT2D eigenvalue weighted by Gasteiger charge is -2.34. The zero-order valence-corrected chi connectivity index (χ0v) is 30.2. The molecule has 0 saturated heterocycles. The van der Waals surface area contributed by atoms with E-state index in [1.165, 1.54) is 36.3 Å². The van der Waals surface area contributed by atoms with Crippen molar-refractivity contribution in [3.8, 4) is 5.75 Å². The van der Waals surface area contributed by atoms with Crippen LogP contribution in [0.4, 0.5) is 5.69 Å². The van der Waals surface area contributed by atoms with Crippen LogP contribution in [0.15, 0.2) is 95.9 Å². The lowest BCUT2D eigenvalue weighted by molar-refractivity contribution is -0.140. The molecule has 0 radical (unpaired) electrons. The van der Waals surface area contributed by atoms with Gasteiger partial charge in [0.1, 0.15) is 18.3 Å². The smallest absolute Gasteiger partial charge is 0.264 e. The number of sulfonamides is 1. The Bertz CT molecular complexity index is 1840. The number of rotatable bonds is 14. The number of hydrogen-bond acceptors (Lipinski definition) is 5. The van der Waals surface area contributed by atoms with E-state index in [1.807, 2.05) is 51.1 Å². The molecular weight excluding hydrogens is 693 g/mol. The SMILES string of the molecule is CCC(C)NC(=O)C(Cc1ccccc1)N(Cc1ccc(Cl)cc1Cl)C(=O)CN(c1cc(Cl)ccc1OC)S(=O)(=O)c1ccc(C)cc1. The van der Waals surface area contributed by atoms with Crippen LogP contribution in [0.3, 0.4) is 0 Å². The summed E-state index contributed by atoms with van der Waals surface area (Å²) in [4.78, 5) is 30.1. The Balaban J connectivity index is 1.88. The maximum atomic E-state index is 14.7. The Morgan fingerprint density at radius 1 is 0.896 bits per heavy atom. The van der Waals surface area contributed by atoms with Crippen molar-refractivity contribution >= 4 is 62.3 Å². The second-order valence-electron chi connectivity index (χ2n) is 11.4. The van der Waals surface area contributed by atoms with Gasteiger partial charge in [-0.3, -0.25) is 13.9 Å². The summed E-state index contributed by atoms with van der Waals surface area (Å²) >= 11 is 19.1. The molecule has 48 heavy (non-hydrogen) atoms. The summed E-state index contributed by atoms with van der Waals surface area (Å²) in [5, 5.41) is 3.95. The van der Waals surface area contributed by atoms with Crippen molar-refractivity contribution in [2.24, 2.45) is 0 Å². The molecule has 0 bridgehead atoms. The molecule has 4 aromatic rings. The molecule has 2 unspecified atom stereocenters. The molecule has 1 N–H and O–H groups in total. The number of amides is 2. The minimum absolute atomic E-state index is 0.0365. The van der Waals surface area contributed by atoms with Crippen LogP contribution in [0.1, 0.15) is 37.0 Å². The van der Waals surface area contributed by atoms with Crippen LogP contribution in [0.5, 0.6) is 5.75 Å². The van der Waals surface area contributed by atoms with Gasteiger partial charge >= 0.3 is 0 Å². The molecule has 0 aromatic heterocycles. The van der Waals surface area contributed by atoms with E-state index in [1.54, 1.807) is 36.4 Å². The van der Waals surface area contributed by atoms with Gasteiger partial charge in [0, 0.05) is 34.1 Å². The first-order valence-corrected chi connectivity index (χ1v) is 17.9. The Kier molecular flexibility index (Phi) is 12.8. The minimum atomic E-state index is -4.36. The van der Waals surface area contributed by atoms with Gasteiger partial charge in [-0.25, -0.2) is 8.42 Å². The molecule has 4 rings (SSSR count). The van der Waals surface area contributed by atoms with E-state index in [2.05, 4.69) is 5.32 Å². The molecule has 0 aliphatic heterocycles. The number of carbonyl (C=O) groups is 2. The largest absolute Gasteiger partial charge is 0.495 e. The maximum absolute atomic E-state index is 14.7. The highest BCUT2D eigenvalue weighted by Gasteiger charge is 2.36. The average Bonchev–Trinajstić information content (AvgIpc) is 3.06. The van der Waals surface area contributed by atoms with Crippen molar-refractivity contribution in [2.75, 3.05) is 18.0 Å². The fourth-order valence-corrected chi connectivity index (χ4v) is 7.09. The summed E-state index contributed by atoms with van der Waals surface area (Å²) < 4.78 is 35.2. The number of hydrogen-bond donors (Lipinski definition) is 1. The fourth-order valence-electron chi connectivity index (χ4n) is 5.04. The first-order valence-electron chi connectivity index (χ1n) is 15.3. The predicted octanol–water partition coefficient (Wildman–Crippen LogP) is 7.71. The number of aryl methyl sites for hydroxylation is 1. The van der Waals surface area contributed by atoms with Gasteiger partial charge in [-0.1, -0.05) is 95.8 Å². The van der Waals surface area contributed by atoms with E-state index in [-0.39, 0.29) is 46.3 Å². The van der Waals surface area contributed by atoms with Crippen molar-refractivity contribution in [1.82, 2.24) is 10.2 Å². The summed E-state index contributed by atoms with van der Waals surface area (Å²) in [6.45, 7) is 4.88. The van der Waals surface area contributed by atoms with Crippen LogP contribution in [0.2, 0.25) is 15.1 Å². The van der Waals surface area contributed by atoms with Gasteiger partial charge in [0.25, 0.3) is 10.0 Å². The van der Waals surface area contributed by atoms with Gasteiger partial charge in [0.2, 0.25) is 11.8 Å². The average molecular weight is 731 g/mol. The van der Waals surface area contributed by atoms with Gasteiger partial charge < -0.3 is 15.0 Å². The topological polar surface area (TPSA) is 96.0 Å². The number of methoxy groups -OCH3 is 1. The number of benzene rings is 4. The van der Waals surface area contributed by atoms with E-state index < -0.39 is 28.5 Å². The number of nitrogens with one attached hydrogen (secondary N) is 1. The normalized spacial score (nSPS) is 12.6. The van der Waals surface area contributed by atoms with Crippen molar-refractivity contribution < 1.29 is 22.7 Å². The second kappa shape index (κ2) is 16.6. The van der Waals surface area contributed by atoms with Crippen LogP contribution >= 0.6 is 34.8 Å². The molecule has 8 nitrogen and oxygen atoms in total. The molecule has 0 saturated carbocycles. The summed E-state index contributed by atoms with van der Waals surface area (Å²) in [5.74, 6) is -0.857. The van der Waals surface area contributed by atoms with Crippen LogP contribution < -0.4 is 14.4 Å². The molecule has 2 atom stereocenters. The van der Waals surface area contributed by atoms with E-state index in [4.69, 9.17) is 39.5 Å². The lowest BCUT2D eigenvalue weighted by Crippen LogP contribution is -2.54. The first kappa shape index (κ1) is 37.1. The van der Waals surface area contributed by atoms with Gasteiger partial charge in [-0.2, -0.15) is 0 Å². The maximum Gasteiger partial charge on any atom is 0.264 e. The molecule has 254 valence electrons. The Labute approximate surface area is 297 Å². The summed E-state index contributed by atoms with van der Waals surface area (Å²) in [5.41, 5.74) is 2.26. The van der Waals surface area contributed by atoms with Crippen LogP contribution in [0.25, 0.3) is 0 Å². The molecule has 0 heterocycles. The van der Waals surface area contributed by atoms with Crippen LogP contribution in [-0.4, -0.2) is 50.9 Å². The van der Waals surface area contributed by atoms with E-state index in [0.29, 0.717) is 22.0 Å². The highest BCUT2D eigenvalue weighted by molar-refractivity contribution is 7.92. The van der Waals surface area contributed by atoms with Crippen molar-refractivity contribution in [2.45, 2.75) is 57.1 Å². The van der Waals surface area contributed by atoms with E-state index in [0.717, 1.165) is 15.4 Å². The third-order valence-electron chi connectivity index (χ3n) is 7.93. The predicted molar refractivity (Wildman–Crippen MR) is 193 cm³/mol. The highest BCUT2D eigenvalue weighted by Crippen LogP contribution is 2.35. The van der Waals surface area contributed by atoms with Crippen molar-refractivity contribution in [3.63, 3.8) is 0 Å². The molecule has 0 fully saturated rings. The van der Waals surface area contributed by atoms with Crippen molar-refractivity contribution in [3.05, 3.63) is 123 Å². The van der Waals surface area contributed by atoms with Gasteiger partial charge in [-0.15, -0.1) is 0 Å². The highest BCUT2D eigenvalue weighted by atomic mass is 35.5. The number of nitrogens with zero attached hydrogens (tertiary/aromatic N) is 2. The van der Waals surface area contributed by atoms with Gasteiger partial charge in [-0.05, 0) is 73.9 Å². The van der Waals surface area contributed by atoms with Crippen LogP contribution in [-0.2, 0) is 32.6 Å². The quantitative estimate of drug-likeness (QED) is 0.143. The third-order valence-corrected chi connectivity index (χ3v) is 10.5. The molecule has 0 spiro atoms. The molecule has 0 aliphatic rings. The Morgan fingerprint density at radius 2 is 1.54 bits per heavy atom. The van der Waals surface area contributed by atoms with Crippen molar-refractivity contribution in [1.29, 1.82) is 0 Å². The first-order chi connectivity index (χ1) is 22.8. The minimum Gasteiger partial charge on any atom is -0.495 e. The summed E-state index contributed by atoms with van der Waals surface area (Å²) in [7, 11) is -2.96. The standard InChI is InChI=1S/C36H38Cl3N3O5S/c1-5-25(3)40-36(44)33(19-26-9-7-6-8-10-26)41(22-27-13-14-28(37)20-31(27)39)35(43)23-42(32-21-29(38)15-18-34(32)47-4)48(45,46)30-16-11-24(2)12-17-30/h6-18,20-21,25,33H,5,19,22-23H2,1-4H3,(H,40,44). The summed E-state index contributed by atoms with van der Waals surface area (Å²) in [6.07, 6.45) is 0.823. The lowest BCUT2D eigenvalue weighted by atomic mass is 10.0. The molecule has 4 aromatic carbocycles. The Morgan fingerprint density at radius 3 is 2.17 bits per heavy atom. The molecule has 2 amide bonds. The molecule has 0 aliphatic carbocycles. The number of halogens is 3. The van der Waals surface area contributed by atoms with Gasteiger partial charge in [0.15, 0.2) is 0 Å².